The fourth-order valence-corrected chi connectivity index (χ4v) is 3.51. The number of phenolic OH excluding ortho intramolecular Hbond substituents is 1. The number of nitrogens with zero attached hydrogens (tertiary/aromatic N) is 2. The maximum absolute atomic E-state index is 11.0. The number of aromatic hydroxyl groups is 1. The molecule has 0 aliphatic heterocycles. The minimum Gasteiger partial charge on any atom is -0.507 e. The number of rotatable bonds is 2. The molecule has 0 aliphatic rings. The Kier molecular flexibility index (Phi) is 5.24. The fourth-order valence-electron chi connectivity index (χ4n) is 2.95. The van der Waals surface area contributed by atoms with E-state index in [2.05, 4.69) is 51.7 Å². The third-order valence-corrected chi connectivity index (χ3v) is 5.26. The molecule has 0 unspecified atom stereocenters. The van der Waals surface area contributed by atoms with Crippen LogP contribution in [0.15, 0.2) is 34.9 Å². The van der Waals surface area contributed by atoms with Crippen molar-refractivity contribution in [3.8, 4) is 28.6 Å². The van der Waals surface area contributed by atoms with Gasteiger partial charge >= 0.3 is 0 Å². The van der Waals surface area contributed by atoms with Crippen molar-refractivity contribution >= 4 is 23.2 Å². The molecule has 1 N–H and O–H groups in total. The quantitative estimate of drug-likeness (QED) is 0.485. The molecule has 0 aliphatic carbocycles. The first-order valence-corrected chi connectivity index (χ1v) is 9.81. The molecule has 1 aromatic heterocycles. The Labute approximate surface area is 175 Å². The molecule has 0 fully saturated rings. The smallest absolute Gasteiger partial charge is 0.262 e. The van der Waals surface area contributed by atoms with Crippen LogP contribution in [0.4, 0.5) is 0 Å². The summed E-state index contributed by atoms with van der Waals surface area (Å²) in [5.41, 5.74) is 2.53. The molecule has 3 rings (SSSR count). The lowest BCUT2D eigenvalue weighted by Crippen LogP contribution is -2.17. The van der Waals surface area contributed by atoms with E-state index in [1.54, 1.807) is 18.2 Å². The van der Waals surface area contributed by atoms with E-state index in [1.807, 2.05) is 12.1 Å². The molecule has 0 amide bonds. The summed E-state index contributed by atoms with van der Waals surface area (Å²) in [6, 6.07) is 9.13. The van der Waals surface area contributed by atoms with Crippen LogP contribution < -0.4 is 0 Å². The standard InChI is InChI=1S/C22H24Cl2N2O2/c1-21(2,3)12-10-13(18(27)14(11-12)22(4,5)6)20-25-19(26-28-20)17-15(23)8-7-9-16(17)24/h7-11,27H,1-6H3. The highest BCUT2D eigenvalue weighted by Crippen LogP contribution is 2.42. The Morgan fingerprint density at radius 3 is 2.07 bits per heavy atom. The van der Waals surface area contributed by atoms with Gasteiger partial charge in [0.25, 0.3) is 5.89 Å². The highest BCUT2D eigenvalue weighted by molar-refractivity contribution is 6.38. The van der Waals surface area contributed by atoms with E-state index in [0.717, 1.165) is 11.1 Å². The van der Waals surface area contributed by atoms with Crippen LogP contribution in [0.1, 0.15) is 52.7 Å². The van der Waals surface area contributed by atoms with Crippen molar-refractivity contribution in [2.75, 3.05) is 0 Å². The summed E-state index contributed by atoms with van der Waals surface area (Å²) in [7, 11) is 0. The second-order valence-corrected chi connectivity index (χ2v) is 9.75. The van der Waals surface area contributed by atoms with E-state index in [9.17, 15) is 5.11 Å². The first-order chi connectivity index (χ1) is 12.9. The van der Waals surface area contributed by atoms with Crippen LogP contribution in [0, 0.1) is 0 Å². The van der Waals surface area contributed by atoms with E-state index in [1.165, 1.54) is 0 Å². The minimum atomic E-state index is -0.255. The van der Waals surface area contributed by atoms with Crippen LogP contribution in [0.5, 0.6) is 5.75 Å². The van der Waals surface area contributed by atoms with Gasteiger partial charge in [-0.3, -0.25) is 0 Å². The molecule has 28 heavy (non-hydrogen) atoms. The third kappa shape index (κ3) is 3.89. The van der Waals surface area contributed by atoms with Crippen LogP contribution >= 0.6 is 23.2 Å². The predicted molar refractivity (Wildman–Crippen MR) is 114 cm³/mol. The molecule has 0 bridgehead atoms. The van der Waals surface area contributed by atoms with Gasteiger partial charge in [-0.15, -0.1) is 0 Å². The molecule has 0 spiro atoms. The largest absolute Gasteiger partial charge is 0.507 e. The van der Waals surface area contributed by atoms with Gasteiger partial charge in [-0.2, -0.15) is 4.98 Å². The topological polar surface area (TPSA) is 59.2 Å². The van der Waals surface area contributed by atoms with Gasteiger partial charge in [0.05, 0.1) is 21.2 Å². The average Bonchev–Trinajstić information content (AvgIpc) is 3.02. The number of phenols is 1. The number of halogens is 2. The molecular weight excluding hydrogens is 395 g/mol. The van der Waals surface area contributed by atoms with Gasteiger partial charge in [-0.1, -0.05) is 82.0 Å². The van der Waals surface area contributed by atoms with Crippen LogP contribution in [0.3, 0.4) is 0 Å². The third-order valence-electron chi connectivity index (χ3n) is 4.63. The van der Waals surface area contributed by atoms with Gasteiger partial charge in [0.2, 0.25) is 5.82 Å². The van der Waals surface area contributed by atoms with Crippen molar-refractivity contribution in [2.24, 2.45) is 0 Å². The summed E-state index contributed by atoms with van der Waals surface area (Å²) in [5.74, 6) is 0.643. The molecule has 2 aromatic carbocycles. The monoisotopic (exact) mass is 418 g/mol. The fraction of sp³-hybridized carbons (Fsp3) is 0.364. The Bertz CT molecular complexity index is 1010. The van der Waals surface area contributed by atoms with E-state index in [0.29, 0.717) is 21.2 Å². The molecule has 148 valence electrons. The summed E-state index contributed by atoms with van der Waals surface area (Å²) in [6.45, 7) is 12.5. The predicted octanol–water partition coefficient (Wildman–Crippen LogP) is 7.01. The first-order valence-electron chi connectivity index (χ1n) is 9.06. The lowest BCUT2D eigenvalue weighted by molar-refractivity contribution is 0.419. The summed E-state index contributed by atoms with van der Waals surface area (Å²) in [4.78, 5) is 4.47. The van der Waals surface area contributed by atoms with Crippen molar-refractivity contribution in [3.05, 3.63) is 51.5 Å². The van der Waals surface area contributed by atoms with E-state index in [4.69, 9.17) is 27.7 Å². The Morgan fingerprint density at radius 2 is 1.54 bits per heavy atom. The van der Waals surface area contributed by atoms with E-state index in [-0.39, 0.29) is 28.3 Å². The van der Waals surface area contributed by atoms with Crippen molar-refractivity contribution in [2.45, 2.75) is 52.4 Å². The van der Waals surface area contributed by atoms with Gasteiger partial charge in [-0.25, -0.2) is 0 Å². The van der Waals surface area contributed by atoms with Crippen molar-refractivity contribution in [1.29, 1.82) is 0 Å². The number of aromatic nitrogens is 2. The number of hydrogen-bond donors (Lipinski definition) is 1. The van der Waals surface area contributed by atoms with Crippen molar-refractivity contribution in [1.82, 2.24) is 10.1 Å². The minimum absolute atomic E-state index is 0.114. The second-order valence-electron chi connectivity index (χ2n) is 8.94. The normalized spacial score (nSPS) is 12.4. The van der Waals surface area contributed by atoms with E-state index < -0.39 is 0 Å². The number of hydrogen-bond acceptors (Lipinski definition) is 4. The molecule has 0 radical (unpaired) electrons. The summed E-state index contributed by atoms with van der Waals surface area (Å²) in [5, 5.41) is 15.9. The Balaban J connectivity index is 2.21. The Hall–Kier alpha value is -2.04. The van der Waals surface area contributed by atoms with Gasteiger partial charge in [-0.05, 0) is 34.6 Å². The number of benzene rings is 2. The highest BCUT2D eigenvalue weighted by atomic mass is 35.5. The maximum atomic E-state index is 11.0. The summed E-state index contributed by atoms with van der Waals surface area (Å²) < 4.78 is 5.49. The van der Waals surface area contributed by atoms with Crippen LogP contribution in [0.25, 0.3) is 22.8 Å². The molecule has 4 nitrogen and oxygen atoms in total. The van der Waals surface area contributed by atoms with Gasteiger partial charge in [0.15, 0.2) is 0 Å². The van der Waals surface area contributed by atoms with Gasteiger partial charge < -0.3 is 9.63 Å². The zero-order chi connectivity index (χ0) is 20.9. The molecule has 6 heteroatoms. The molecule has 0 atom stereocenters. The van der Waals surface area contributed by atoms with Crippen LogP contribution in [-0.2, 0) is 10.8 Å². The molecule has 0 saturated carbocycles. The first kappa shape index (κ1) is 20.7. The van der Waals surface area contributed by atoms with Crippen LogP contribution in [0.2, 0.25) is 10.0 Å². The zero-order valence-corrected chi connectivity index (χ0v) is 18.4. The lowest BCUT2D eigenvalue weighted by Gasteiger charge is -2.26. The van der Waals surface area contributed by atoms with Gasteiger partial charge in [0, 0.05) is 5.56 Å². The summed E-state index contributed by atoms with van der Waals surface area (Å²) >= 11 is 12.5. The van der Waals surface area contributed by atoms with Gasteiger partial charge in [0.1, 0.15) is 5.75 Å². The highest BCUT2D eigenvalue weighted by Gasteiger charge is 2.27. The van der Waals surface area contributed by atoms with Crippen molar-refractivity contribution in [3.63, 3.8) is 0 Å². The molecular formula is C22H24Cl2N2O2. The molecule has 1 heterocycles. The Morgan fingerprint density at radius 1 is 0.929 bits per heavy atom. The zero-order valence-electron chi connectivity index (χ0n) is 16.9. The lowest BCUT2D eigenvalue weighted by atomic mass is 9.79. The average molecular weight is 419 g/mol. The summed E-state index contributed by atoms with van der Waals surface area (Å²) in [6.07, 6.45) is 0. The van der Waals surface area contributed by atoms with Crippen LogP contribution in [-0.4, -0.2) is 15.2 Å². The second kappa shape index (κ2) is 7.09. The SMILES string of the molecule is CC(C)(C)c1cc(-c2nc(-c3c(Cl)cccc3Cl)no2)c(O)c(C(C)(C)C)c1. The van der Waals surface area contributed by atoms with E-state index >= 15 is 0 Å². The molecule has 3 aromatic rings. The molecule has 0 saturated heterocycles. The van der Waals surface area contributed by atoms with Crippen molar-refractivity contribution < 1.29 is 9.63 Å². The maximum Gasteiger partial charge on any atom is 0.262 e.